The zero-order valence-electron chi connectivity index (χ0n) is 15.7. The number of nitrogens with zero attached hydrogens (tertiary/aromatic N) is 4. The summed E-state index contributed by atoms with van der Waals surface area (Å²) >= 11 is 6.37. The molecule has 1 saturated carbocycles. The summed E-state index contributed by atoms with van der Waals surface area (Å²) in [5, 5.41) is 7.88. The minimum atomic E-state index is 0.331. The van der Waals surface area contributed by atoms with Crippen molar-refractivity contribution in [3.8, 4) is 11.3 Å². The normalized spacial score (nSPS) is 21.6. The Hall–Kier alpha value is -2.38. The molecule has 1 aliphatic heterocycles. The summed E-state index contributed by atoms with van der Waals surface area (Å²) in [4.78, 5) is 11.7. The van der Waals surface area contributed by atoms with Gasteiger partial charge in [-0.05, 0) is 37.2 Å². The second kappa shape index (κ2) is 6.60. The zero-order valence-corrected chi connectivity index (χ0v) is 16.4. The van der Waals surface area contributed by atoms with E-state index >= 15 is 0 Å². The van der Waals surface area contributed by atoms with Gasteiger partial charge in [0.15, 0.2) is 0 Å². The first kappa shape index (κ1) is 17.7. The van der Waals surface area contributed by atoms with Crippen LogP contribution in [0.25, 0.3) is 22.4 Å². The van der Waals surface area contributed by atoms with E-state index in [-0.39, 0.29) is 0 Å². The number of nitrogens with two attached hydrogens (primary N) is 2. The summed E-state index contributed by atoms with van der Waals surface area (Å²) < 4.78 is 0. The molecule has 146 valence electrons. The minimum Gasteiger partial charge on any atom is -0.398 e. The molecule has 1 aromatic carbocycles. The summed E-state index contributed by atoms with van der Waals surface area (Å²) in [6.45, 7) is 1.93. The Labute approximate surface area is 168 Å². The Morgan fingerprint density at radius 1 is 1.21 bits per heavy atom. The van der Waals surface area contributed by atoms with Gasteiger partial charge in [-0.25, -0.2) is 9.97 Å². The summed E-state index contributed by atoms with van der Waals surface area (Å²) in [5.74, 6) is 0.866. The number of hydrogen-bond donors (Lipinski definition) is 3. The van der Waals surface area contributed by atoms with Gasteiger partial charge >= 0.3 is 0 Å². The number of H-pyrrole nitrogens is 1. The Morgan fingerprint density at radius 2 is 2.04 bits per heavy atom. The molecule has 0 radical (unpaired) electrons. The van der Waals surface area contributed by atoms with Gasteiger partial charge in [0, 0.05) is 24.7 Å². The van der Waals surface area contributed by atoms with Gasteiger partial charge in [-0.3, -0.25) is 5.10 Å². The number of aromatic nitrogens is 4. The molecular formula is C20H24ClN7. The van der Waals surface area contributed by atoms with Gasteiger partial charge in [-0.1, -0.05) is 30.2 Å². The third-order valence-corrected chi connectivity index (χ3v) is 7.03. The lowest BCUT2D eigenvalue weighted by atomic mass is 9.74. The van der Waals surface area contributed by atoms with Crippen LogP contribution in [0.1, 0.15) is 32.1 Å². The van der Waals surface area contributed by atoms with Gasteiger partial charge in [0.2, 0.25) is 5.65 Å². The first-order valence-corrected chi connectivity index (χ1v) is 10.2. The van der Waals surface area contributed by atoms with Gasteiger partial charge < -0.3 is 16.4 Å². The van der Waals surface area contributed by atoms with Crippen molar-refractivity contribution < 1.29 is 0 Å². The Morgan fingerprint density at radius 3 is 2.79 bits per heavy atom. The fourth-order valence-electron chi connectivity index (χ4n) is 4.84. The molecule has 2 fully saturated rings. The highest BCUT2D eigenvalue weighted by molar-refractivity contribution is 6.36. The van der Waals surface area contributed by atoms with Gasteiger partial charge in [-0.15, -0.1) is 0 Å². The van der Waals surface area contributed by atoms with Gasteiger partial charge in [-0.2, -0.15) is 5.10 Å². The number of piperidine rings is 1. The number of aromatic amines is 1. The predicted molar refractivity (Wildman–Crippen MR) is 112 cm³/mol. The number of nitrogen functional groups attached to an aromatic ring is 1. The lowest BCUT2D eigenvalue weighted by Gasteiger charge is -2.42. The Bertz CT molecular complexity index is 1020. The second-order valence-corrected chi connectivity index (χ2v) is 8.43. The van der Waals surface area contributed by atoms with Gasteiger partial charge in [0.25, 0.3) is 0 Å². The quantitative estimate of drug-likeness (QED) is 0.572. The van der Waals surface area contributed by atoms with Crippen molar-refractivity contribution in [2.45, 2.75) is 38.1 Å². The van der Waals surface area contributed by atoms with E-state index in [1.165, 1.54) is 12.8 Å². The Kier molecular flexibility index (Phi) is 4.17. The SMILES string of the molecule is Nc1cccc(-c2[nH]nc3nc(N4CCC5(CCC[C@H]5N)CC4)cnc23)c1Cl. The number of rotatable bonds is 2. The van der Waals surface area contributed by atoms with Crippen LogP contribution in [0.15, 0.2) is 24.4 Å². The lowest BCUT2D eigenvalue weighted by molar-refractivity contribution is 0.197. The molecule has 5 rings (SSSR count). The van der Waals surface area contributed by atoms with Crippen molar-refractivity contribution in [1.82, 2.24) is 20.2 Å². The standard InChI is InChI=1S/C20H24ClN7/c21-16-12(3-1-4-13(16)22)17-18-19(27-26-17)25-15(11-24-18)28-9-7-20(8-10-28)6-2-5-14(20)23/h1,3-4,11,14H,2,5-10,22-23H2,(H,25,26,27)/t14-/m1/s1. The fourth-order valence-corrected chi connectivity index (χ4v) is 5.06. The highest BCUT2D eigenvalue weighted by atomic mass is 35.5. The van der Waals surface area contributed by atoms with Crippen molar-refractivity contribution in [2.75, 3.05) is 23.7 Å². The highest BCUT2D eigenvalue weighted by Gasteiger charge is 2.43. The first-order chi connectivity index (χ1) is 13.6. The van der Waals surface area contributed by atoms with Gasteiger partial charge in [0.1, 0.15) is 11.3 Å². The molecule has 0 bridgehead atoms. The topological polar surface area (TPSA) is 110 Å². The smallest absolute Gasteiger partial charge is 0.202 e. The summed E-state index contributed by atoms with van der Waals surface area (Å²) in [7, 11) is 0. The highest BCUT2D eigenvalue weighted by Crippen LogP contribution is 2.46. The third-order valence-electron chi connectivity index (χ3n) is 6.61. The molecule has 7 nitrogen and oxygen atoms in total. The molecule has 2 aromatic heterocycles. The average Bonchev–Trinajstić information content (AvgIpc) is 3.28. The third kappa shape index (κ3) is 2.72. The van der Waals surface area contributed by atoms with E-state index in [0.717, 1.165) is 49.4 Å². The predicted octanol–water partition coefficient (Wildman–Crippen LogP) is 3.35. The minimum absolute atomic E-state index is 0.331. The van der Waals surface area contributed by atoms with Crippen LogP contribution in [0.5, 0.6) is 0 Å². The molecule has 3 aromatic rings. The van der Waals surface area contributed by atoms with Crippen LogP contribution in [0.2, 0.25) is 5.02 Å². The molecular weight excluding hydrogens is 374 g/mol. The van der Waals surface area contributed by atoms with Crippen molar-refractivity contribution in [2.24, 2.45) is 11.1 Å². The number of fused-ring (bicyclic) bond motifs is 1. The van der Waals surface area contributed by atoms with E-state index in [2.05, 4.69) is 20.1 Å². The van der Waals surface area contributed by atoms with Gasteiger partial charge in [0.05, 0.1) is 22.6 Å². The van der Waals surface area contributed by atoms with E-state index in [1.807, 2.05) is 18.3 Å². The molecule has 3 heterocycles. The molecule has 1 atom stereocenters. The number of halogens is 1. The molecule has 5 N–H and O–H groups in total. The van der Waals surface area contributed by atoms with E-state index in [0.29, 0.717) is 33.3 Å². The average molecular weight is 398 g/mol. The maximum Gasteiger partial charge on any atom is 0.202 e. The number of anilines is 2. The van der Waals surface area contributed by atoms with Crippen LogP contribution >= 0.6 is 11.6 Å². The van der Waals surface area contributed by atoms with Crippen molar-refractivity contribution in [3.05, 3.63) is 29.4 Å². The van der Waals surface area contributed by atoms with E-state index in [4.69, 9.17) is 28.1 Å². The second-order valence-electron chi connectivity index (χ2n) is 8.06. The van der Waals surface area contributed by atoms with Crippen LogP contribution in [0.4, 0.5) is 11.5 Å². The molecule has 28 heavy (non-hydrogen) atoms. The summed E-state index contributed by atoms with van der Waals surface area (Å²) in [6, 6.07) is 5.88. The molecule has 0 unspecified atom stereocenters. The largest absolute Gasteiger partial charge is 0.398 e. The van der Waals surface area contributed by atoms with Crippen LogP contribution in [-0.4, -0.2) is 39.3 Å². The van der Waals surface area contributed by atoms with Crippen molar-refractivity contribution >= 4 is 34.3 Å². The van der Waals surface area contributed by atoms with Crippen LogP contribution in [0.3, 0.4) is 0 Å². The summed E-state index contributed by atoms with van der Waals surface area (Å²) in [5.41, 5.74) is 16.0. The molecule has 8 heteroatoms. The van der Waals surface area contributed by atoms with Crippen LogP contribution < -0.4 is 16.4 Å². The lowest BCUT2D eigenvalue weighted by Crippen LogP contribution is -2.47. The van der Waals surface area contributed by atoms with Crippen LogP contribution in [-0.2, 0) is 0 Å². The zero-order chi connectivity index (χ0) is 19.3. The Balaban J connectivity index is 1.42. The molecule has 0 amide bonds. The molecule has 2 aliphatic rings. The molecule has 1 saturated heterocycles. The van der Waals surface area contributed by atoms with E-state index in [1.54, 1.807) is 6.07 Å². The van der Waals surface area contributed by atoms with Crippen molar-refractivity contribution in [1.29, 1.82) is 0 Å². The maximum absolute atomic E-state index is 6.40. The number of benzene rings is 1. The van der Waals surface area contributed by atoms with E-state index < -0.39 is 0 Å². The number of hydrogen-bond acceptors (Lipinski definition) is 6. The number of nitrogens with one attached hydrogen (secondary N) is 1. The maximum atomic E-state index is 6.40. The van der Waals surface area contributed by atoms with Crippen molar-refractivity contribution in [3.63, 3.8) is 0 Å². The van der Waals surface area contributed by atoms with E-state index in [9.17, 15) is 0 Å². The molecule has 1 spiro atoms. The first-order valence-electron chi connectivity index (χ1n) is 9.83. The fraction of sp³-hybridized carbons (Fsp3) is 0.450. The van der Waals surface area contributed by atoms with Crippen LogP contribution in [0, 0.1) is 5.41 Å². The monoisotopic (exact) mass is 397 g/mol. The molecule has 1 aliphatic carbocycles. The summed E-state index contributed by atoms with van der Waals surface area (Å²) in [6.07, 6.45) is 7.76.